The number of fused-ring (bicyclic) bond motifs is 1. The van der Waals surface area contributed by atoms with Gasteiger partial charge in [0, 0.05) is 16.1 Å². The van der Waals surface area contributed by atoms with Crippen LogP contribution in [-0.4, -0.2) is 17.1 Å². The van der Waals surface area contributed by atoms with E-state index in [0.717, 1.165) is 41.1 Å². The molecule has 23 heavy (non-hydrogen) atoms. The van der Waals surface area contributed by atoms with Crippen molar-refractivity contribution in [3.63, 3.8) is 0 Å². The lowest BCUT2D eigenvalue weighted by atomic mass is 10.1. The second kappa shape index (κ2) is 8.16. The molecule has 4 nitrogen and oxygen atoms in total. The van der Waals surface area contributed by atoms with Crippen molar-refractivity contribution < 1.29 is 9.53 Å². The smallest absolute Gasteiger partial charge is 0.329 e. The highest BCUT2D eigenvalue weighted by Gasteiger charge is 2.23. The van der Waals surface area contributed by atoms with E-state index in [9.17, 15) is 4.79 Å². The van der Waals surface area contributed by atoms with Gasteiger partial charge in [-0.3, -0.25) is 0 Å². The van der Waals surface area contributed by atoms with Crippen LogP contribution in [0.2, 0.25) is 0 Å². The van der Waals surface area contributed by atoms with Crippen LogP contribution in [0.3, 0.4) is 0 Å². The second-order valence-electron chi connectivity index (χ2n) is 5.49. The molecular weight excluding hydrogens is 356 g/mol. The van der Waals surface area contributed by atoms with E-state index in [1.165, 1.54) is 0 Å². The molecule has 0 amide bonds. The Labute approximate surface area is 145 Å². The van der Waals surface area contributed by atoms with E-state index in [2.05, 4.69) is 28.9 Å². The van der Waals surface area contributed by atoms with Crippen molar-refractivity contribution in [2.24, 2.45) is 0 Å². The number of halogens is 1. The fourth-order valence-corrected chi connectivity index (χ4v) is 3.28. The lowest BCUT2D eigenvalue weighted by molar-refractivity contribution is -0.147. The Kier molecular flexibility index (Phi) is 6.23. The molecule has 0 saturated carbocycles. The fraction of sp³-hybridized carbons (Fsp3) is 0.444. The van der Waals surface area contributed by atoms with Crippen molar-refractivity contribution >= 4 is 32.8 Å². The minimum absolute atomic E-state index is 0.197. The molecule has 0 N–H and O–H groups in total. The van der Waals surface area contributed by atoms with Crippen LogP contribution in [0, 0.1) is 11.3 Å². The normalized spacial score (nSPS) is 12.1. The lowest BCUT2D eigenvalue weighted by Crippen LogP contribution is -2.21. The van der Waals surface area contributed by atoms with E-state index in [1.54, 1.807) is 6.07 Å². The van der Waals surface area contributed by atoms with Crippen LogP contribution < -0.4 is 0 Å². The maximum absolute atomic E-state index is 12.4. The largest absolute Gasteiger partial charge is 0.464 e. The maximum atomic E-state index is 12.4. The van der Waals surface area contributed by atoms with Gasteiger partial charge in [0.25, 0.3) is 0 Å². The van der Waals surface area contributed by atoms with Crippen LogP contribution in [0.25, 0.3) is 10.9 Å². The molecule has 0 radical (unpaired) electrons. The molecule has 5 heteroatoms. The molecule has 0 fully saturated rings. The summed E-state index contributed by atoms with van der Waals surface area (Å²) in [5, 5.41) is 10.00. The number of ether oxygens (including phenoxy) is 1. The van der Waals surface area contributed by atoms with Gasteiger partial charge < -0.3 is 9.30 Å². The number of aromatic nitrogens is 1. The summed E-state index contributed by atoms with van der Waals surface area (Å²) < 4.78 is 8.11. The molecule has 122 valence electrons. The Bertz CT molecular complexity index is 730. The predicted octanol–water partition coefficient (Wildman–Crippen LogP) is 4.96. The number of rotatable bonds is 7. The summed E-state index contributed by atoms with van der Waals surface area (Å²) in [6.07, 6.45) is 5.85. The summed E-state index contributed by atoms with van der Waals surface area (Å²) in [5.41, 5.74) is 1.54. The molecule has 0 aliphatic carbocycles. The van der Waals surface area contributed by atoms with Gasteiger partial charge in [-0.15, -0.1) is 0 Å². The van der Waals surface area contributed by atoms with E-state index in [0.29, 0.717) is 12.2 Å². The molecule has 2 aromatic rings. The standard InChI is InChI=1S/C18H21BrN2O2/c1-3-5-6-7-17(18(22)23-4-2)21-12-15(19)14-10-13(11-20)8-9-16(14)21/h8-10,12,17H,3-7H2,1-2H3. The number of unbranched alkanes of at least 4 members (excludes halogenated alkanes) is 2. The van der Waals surface area contributed by atoms with Crippen LogP contribution >= 0.6 is 15.9 Å². The number of esters is 1. The zero-order chi connectivity index (χ0) is 16.8. The summed E-state index contributed by atoms with van der Waals surface area (Å²) in [5.74, 6) is -0.197. The van der Waals surface area contributed by atoms with Gasteiger partial charge in [0.05, 0.1) is 23.8 Å². The molecule has 0 aliphatic heterocycles. The Balaban J connectivity index is 2.43. The van der Waals surface area contributed by atoms with E-state index < -0.39 is 0 Å². The molecule has 1 unspecified atom stereocenters. The van der Waals surface area contributed by atoms with Crippen LogP contribution in [0.4, 0.5) is 0 Å². The molecule has 1 atom stereocenters. The average Bonchev–Trinajstić information content (AvgIpc) is 2.88. The zero-order valence-electron chi connectivity index (χ0n) is 13.5. The van der Waals surface area contributed by atoms with Gasteiger partial charge in [-0.1, -0.05) is 26.2 Å². The predicted molar refractivity (Wildman–Crippen MR) is 94.2 cm³/mol. The van der Waals surface area contributed by atoms with Crippen LogP contribution in [0.5, 0.6) is 0 Å². The molecule has 1 aromatic heterocycles. The number of nitriles is 1. The first kappa shape index (κ1) is 17.6. The first-order chi connectivity index (χ1) is 11.1. The molecule has 1 heterocycles. The lowest BCUT2D eigenvalue weighted by Gasteiger charge is -2.18. The van der Waals surface area contributed by atoms with Gasteiger partial charge in [-0.25, -0.2) is 4.79 Å². The molecular formula is C18H21BrN2O2. The summed E-state index contributed by atoms with van der Waals surface area (Å²) in [7, 11) is 0. The number of benzene rings is 1. The Morgan fingerprint density at radius 2 is 2.17 bits per heavy atom. The van der Waals surface area contributed by atoms with Crippen molar-refractivity contribution in [2.75, 3.05) is 6.61 Å². The second-order valence-corrected chi connectivity index (χ2v) is 6.35. The topological polar surface area (TPSA) is 55.0 Å². The highest BCUT2D eigenvalue weighted by atomic mass is 79.9. The van der Waals surface area contributed by atoms with E-state index in [1.807, 2.05) is 29.8 Å². The van der Waals surface area contributed by atoms with Gasteiger partial charge in [0.2, 0.25) is 0 Å². The SMILES string of the molecule is CCCCCC(C(=O)OCC)n1cc(Br)c2cc(C#N)ccc21. The average molecular weight is 377 g/mol. The third-order valence-corrected chi connectivity index (χ3v) is 4.52. The van der Waals surface area contributed by atoms with Crippen molar-refractivity contribution in [3.05, 3.63) is 34.4 Å². The molecule has 0 aliphatic rings. The van der Waals surface area contributed by atoms with Crippen LogP contribution in [0.15, 0.2) is 28.9 Å². The molecule has 2 rings (SSSR count). The first-order valence-corrected chi connectivity index (χ1v) is 8.78. The number of carbonyl (C=O) groups is 1. The third-order valence-electron chi connectivity index (χ3n) is 3.89. The minimum Gasteiger partial charge on any atom is -0.464 e. The quantitative estimate of drug-likeness (QED) is 0.506. The molecule has 0 bridgehead atoms. The number of nitrogens with zero attached hydrogens (tertiary/aromatic N) is 2. The van der Waals surface area contributed by atoms with Gasteiger partial charge >= 0.3 is 5.97 Å². The van der Waals surface area contributed by atoms with Crippen LogP contribution in [0.1, 0.15) is 51.1 Å². The maximum Gasteiger partial charge on any atom is 0.329 e. The highest BCUT2D eigenvalue weighted by molar-refractivity contribution is 9.10. The van der Waals surface area contributed by atoms with Gasteiger partial charge in [-0.05, 0) is 47.5 Å². The number of carbonyl (C=O) groups excluding carboxylic acids is 1. The van der Waals surface area contributed by atoms with E-state index >= 15 is 0 Å². The summed E-state index contributed by atoms with van der Waals surface area (Å²) in [4.78, 5) is 12.4. The van der Waals surface area contributed by atoms with E-state index in [4.69, 9.17) is 10.00 Å². The van der Waals surface area contributed by atoms with Crippen LogP contribution in [-0.2, 0) is 9.53 Å². The van der Waals surface area contributed by atoms with E-state index in [-0.39, 0.29) is 12.0 Å². The number of hydrogen-bond donors (Lipinski definition) is 0. The van der Waals surface area contributed by atoms with Gasteiger partial charge in [0.15, 0.2) is 0 Å². The molecule has 1 aromatic carbocycles. The van der Waals surface area contributed by atoms with Crippen molar-refractivity contribution in [1.29, 1.82) is 5.26 Å². The first-order valence-electron chi connectivity index (χ1n) is 7.99. The fourth-order valence-electron chi connectivity index (χ4n) is 2.74. The zero-order valence-corrected chi connectivity index (χ0v) is 15.1. The third kappa shape index (κ3) is 3.94. The summed E-state index contributed by atoms with van der Waals surface area (Å²) in [6.45, 7) is 4.34. The van der Waals surface area contributed by atoms with Crippen molar-refractivity contribution in [1.82, 2.24) is 4.57 Å². The van der Waals surface area contributed by atoms with Crippen molar-refractivity contribution in [2.45, 2.75) is 45.6 Å². The van der Waals surface area contributed by atoms with Crippen molar-refractivity contribution in [3.8, 4) is 6.07 Å². The monoisotopic (exact) mass is 376 g/mol. The Morgan fingerprint density at radius 1 is 1.39 bits per heavy atom. The Morgan fingerprint density at radius 3 is 2.83 bits per heavy atom. The Hall–Kier alpha value is -1.80. The number of hydrogen-bond acceptors (Lipinski definition) is 3. The molecule has 0 spiro atoms. The summed E-state index contributed by atoms with van der Waals surface area (Å²) in [6, 6.07) is 7.33. The minimum atomic E-state index is -0.330. The van der Waals surface area contributed by atoms with Gasteiger partial charge in [0.1, 0.15) is 6.04 Å². The highest BCUT2D eigenvalue weighted by Crippen LogP contribution is 2.32. The summed E-state index contributed by atoms with van der Waals surface area (Å²) >= 11 is 3.54. The molecule has 0 saturated heterocycles. The van der Waals surface area contributed by atoms with Gasteiger partial charge in [-0.2, -0.15) is 5.26 Å².